The molecule has 3 rings (SSSR count). The second-order valence-corrected chi connectivity index (χ2v) is 5.82. The van der Waals surface area contributed by atoms with Gasteiger partial charge < -0.3 is 20.5 Å². The van der Waals surface area contributed by atoms with Gasteiger partial charge in [-0.25, -0.2) is 0 Å². The summed E-state index contributed by atoms with van der Waals surface area (Å²) in [5.74, 6) is 0.343. The fraction of sp³-hybridized carbons (Fsp3) is 0.923. The molecule has 4 atom stereocenters. The van der Waals surface area contributed by atoms with E-state index in [0.717, 1.165) is 19.3 Å². The van der Waals surface area contributed by atoms with E-state index in [4.69, 9.17) is 10.5 Å². The number of hydrogen-bond donors (Lipinski definition) is 2. The van der Waals surface area contributed by atoms with Crippen molar-refractivity contribution in [2.75, 3.05) is 13.2 Å². The molecule has 1 amide bonds. The zero-order chi connectivity index (χ0) is 12.7. The Bertz CT molecular complexity index is 330. The molecule has 5 heteroatoms. The highest BCUT2D eigenvalue weighted by molar-refractivity contribution is 5.82. The first-order valence-electron chi connectivity index (χ1n) is 7.04. The first-order valence-corrected chi connectivity index (χ1v) is 7.04. The van der Waals surface area contributed by atoms with Crippen LogP contribution in [-0.2, 0) is 9.53 Å². The molecule has 102 valence electrons. The van der Waals surface area contributed by atoms with E-state index in [1.165, 1.54) is 12.8 Å². The van der Waals surface area contributed by atoms with E-state index in [1.54, 1.807) is 4.90 Å². The molecule has 0 aromatic rings. The van der Waals surface area contributed by atoms with Crippen molar-refractivity contribution in [2.24, 2.45) is 11.7 Å². The predicted molar refractivity (Wildman–Crippen MR) is 65.8 cm³/mol. The van der Waals surface area contributed by atoms with E-state index in [2.05, 4.69) is 0 Å². The second kappa shape index (κ2) is 4.79. The summed E-state index contributed by atoms with van der Waals surface area (Å²) in [6, 6.07) is -0.552. The minimum atomic E-state index is -0.544. The summed E-state index contributed by atoms with van der Waals surface area (Å²) in [5, 5.41) is 9.91. The standard InChI is InChI=1S/C13H22N2O3/c14-11(8-3-1-2-4-8)13(17)15-6-5-10-12(15)9(16)7-18-10/h8-12,16H,1-7,14H2/t9-,10+,11?,12+/m0/s1. The van der Waals surface area contributed by atoms with Gasteiger partial charge in [-0.15, -0.1) is 0 Å². The average Bonchev–Trinajstić information content (AvgIpc) is 3.05. The molecule has 3 N–H and O–H groups in total. The predicted octanol–water partition coefficient (Wildman–Crippen LogP) is -0.136. The van der Waals surface area contributed by atoms with Crippen molar-refractivity contribution in [3.63, 3.8) is 0 Å². The Kier molecular flexibility index (Phi) is 3.30. The van der Waals surface area contributed by atoms with Crippen LogP contribution in [0.2, 0.25) is 0 Å². The summed E-state index contributed by atoms with van der Waals surface area (Å²) in [7, 11) is 0. The topological polar surface area (TPSA) is 75.8 Å². The number of ether oxygens (including phenoxy) is 1. The highest BCUT2D eigenvalue weighted by atomic mass is 16.5. The summed E-state index contributed by atoms with van der Waals surface area (Å²) in [6.45, 7) is 1.02. The highest BCUT2D eigenvalue weighted by Crippen LogP contribution is 2.32. The Morgan fingerprint density at radius 3 is 2.78 bits per heavy atom. The van der Waals surface area contributed by atoms with E-state index in [9.17, 15) is 9.90 Å². The van der Waals surface area contributed by atoms with E-state index in [0.29, 0.717) is 19.1 Å². The van der Waals surface area contributed by atoms with Crippen LogP contribution in [0, 0.1) is 5.92 Å². The van der Waals surface area contributed by atoms with Gasteiger partial charge in [0.05, 0.1) is 24.8 Å². The lowest BCUT2D eigenvalue weighted by molar-refractivity contribution is -0.136. The molecule has 0 radical (unpaired) electrons. The molecule has 0 aromatic heterocycles. The minimum Gasteiger partial charge on any atom is -0.388 e. The molecule has 0 bridgehead atoms. The normalized spacial score (nSPS) is 38.1. The molecule has 5 nitrogen and oxygen atoms in total. The van der Waals surface area contributed by atoms with Gasteiger partial charge in [0.1, 0.15) is 6.10 Å². The lowest BCUT2D eigenvalue weighted by atomic mass is 9.97. The molecule has 18 heavy (non-hydrogen) atoms. The largest absolute Gasteiger partial charge is 0.388 e. The van der Waals surface area contributed by atoms with Crippen LogP contribution in [0.1, 0.15) is 32.1 Å². The molecular weight excluding hydrogens is 232 g/mol. The van der Waals surface area contributed by atoms with E-state index in [1.807, 2.05) is 0 Å². The molecule has 1 unspecified atom stereocenters. The SMILES string of the molecule is NC(C(=O)N1CC[C@H]2OC[C@H](O)[C@H]21)C1CCCC1. The number of fused-ring (bicyclic) bond motifs is 1. The van der Waals surface area contributed by atoms with Crippen molar-refractivity contribution in [2.45, 2.75) is 56.4 Å². The number of amides is 1. The number of hydrogen-bond acceptors (Lipinski definition) is 4. The number of likely N-dealkylation sites (tertiary alicyclic amines) is 1. The van der Waals surface area contributed by atoms with Gasteiger partial charge in [0.2, 0.25) is 5.91 Å². The molecule has 2 aliphatic heterocycles. The van der Waals surface area contributed by atoms with Gasteiger partial charge in [0.15, 0.2) is 0 Å². The zero-order valence-electron chi connectivity index (χ0n) is 10.6. The monoisotopic (exact) mass is 254 g/mol. The fourth-order valence-electron chi connectivity index (χ4n) is 3.71. The number of nitrogens with two attached hydrogens (primary N) is 1. The summed E-state index contributed by atoms with van der Waals surface area (Å²) >= 11 is 0. The maximum atomic E-state index is 12.5. The fourth-order valence-corrected chi connectivity index (χ4v) is 3.71. The first-order chi connectivity index (χ1) is 8.68. The molecule has 3 fully saturated rings. The van der Waals surface area contributed by atoms with Crippen molar-refractivity contribution < 1.29 is 14.6 Å². The van der Waals surface area contributed by atoms with Gasteiger partial charge in [0.25, 0.3) is 0 Å². The molecule has 2 saturated heterocycles. The highest BCUT2D eigenvalue weighted by Gasteiger charge is 2.48. The van der Waals surface area contributed by atoms with E-state index in [-0.39, 0.29) is 24.1 Å². The molecule has 3 aliphatic rings. The maximum Gasteiger partial charge on any atom is 0.240 e. The summed E-state index contributed by atoms with van der Waals surface area (Å²) in [6.07, 6.45) is 4.79. The molecule has 0 spiro atoms. The number of aliphatic hydroxyl groups excluding tert-OH is 1. The van der Waals surface area contributed by atoms with Gasteiger partial charge in [-0.3, -0.25) is 4.79 Å². The van der Waals surface area contributed by atoms with Crippen molar-refractivity contribution in [3.8, 4) is 0 Å². The Morgan fingerprint density at radius 1 is 1.33 bits per heavy atom. The van der Waals surface area contributed by atoms with Crippen LogP contribution in [-0.4, -0.2) is 53.4 Å². The van der Waals surface area contributed by atoms with Crippen LogP contribution >= 0.6 is 0 Å². The Morgan fingerprint density at radius 2 is 2.06 bits per heavy atom. The molecule has 0 aromatic carbocycles. The molecular formula is C13H22N2O3. The number of carbonyl (C=O) groups excluding carboxylic acids is 1. The first kappa shape index (κ1) is 12.4. The third-order valence-corrected chi connectivity index (χ3v) is 4.75. The Balaban J connectivity index is 1.68. The number of nitrogens with zero attached hydrogens (tertiary/aromatic N) is 1. The third kappa shape index (κ3) is 1.94. The Labute approximate surface area is 107 Å². The maximum absolute atomic E-state index is 12.5. The van der Waals surface area contributed by atoms with Crippen LogP contribution in [0.3, 0.4) is 0 Å². The van der Waals surface area contributed by atoms with Crippen molar-refractivity contribution in [1.29, 1.82) is 0 Å². The quantitative estimate of drug-likeness (QED) is 0.719. The van der Waals surface area contributed by atoms with Crippen molar-refractivity contribution >= 4 is 5.91 Å². The molecule has 1 aliphatic carbocycles. The molecule has 1 saturated carbocycles. The average molecular weight is 254 g/mol. The van der Waals surface area contributed by atoms with E-state index >= 15 is 0 Å². The van der Waals surface area contributed by atoms with Crippen LogP contribution in [0.4, 0.5) is 0 Å². The molecule has 2 heterocycles. The van der Waals surface area contributed by atoms with Crippen molar-refractivity contribution in [1.82, 2.24) is 4.90 Å². The summed E-state index contributed by atoms with van der Waals surface area (Å²) < 4.78 is 5.49. The lowest BCUT2D eigenvalue weighted by Gasteiger charge is -2.30. The smallest absolute Gasteiger partial charge is 0.240 e. The summed E-state index contributed by atoms with van der Waals surface area (Å²) in [4.78, 5) is 14.2. The van der Waals surface area contributed by atoms with Crippen LogP contribution in [0.5, 0.6) is 0 Å². The zero-order valence-corrected chi connectivity index (χ0v) is 10.6. The van der Waals surface area contributed by atoms with Gasteiger partial charge in [-0.05, 0) is 25.2 Å². The second-order valence-electron chi connectivity index (χ2n) is 5.82. The summed E-state index contributed by atoms with van der Waals surface area (Å²) in [5.41, 5.74) is 6.12. The van der Waals surface area contributed by atoms with Crippen molar-refractivity contribution in [3.05, 3.63) is 0 Å². The van der Waals surface area contributed by atoms with Gasteiger partial charge in [-0.2, -0.15) is 0 Å². The number of carbonyl (C=O) groups is 1. The number of aliphatic hydroxyl groups is 1. The van der Waals surface area contributed by atoms with Crippen LogP contribution in [0.15, 0.2) is 0 Å². The van der Waals surface area contributed by atoms with Gasteiger partial charge in [-0.1, -0.05) is 12.8 Å². The lowest BCUT2D eigenvalue weighted by Crippen LogP contribution is -2.52. The van der Waals surface area contributed by atoms with Gasteiger partial charge >= 0.3 is 0 Å². The minimum absolute atomic E-state index is 0.0129. The van der Waals surface area contributed by atoms with Crippen LogP contribution < -0.4 is 5.73 Å². The third-order valence-electron chi connectivity index (χ3n) is 4.75. The van der Waals surface area contributed by atoms with E-state index < -0.39 is 6.10 Å². The number of rotatable bonds is 2. The van der Waals surface area contributed by atoms with Crippen LogP contribution in [0.25, 0.3) is 0 Å². The van der Waals surface area contributed by atoms with Gasteiger partial charge in [0, 0.05) is 6.54 Å². The Hall–Kier alpha value is -0.650.